The van der Waals surface area contributed by atoms with E-state index in [1.54, 1.807) is 0 Å². The van der Waals surface area contributed by atoms with E-state index in [2.05, 4.69) is 82.0 Å². The van der Waals surface area contributed by atoms with Crippen LogP contribution in [0.25, 0.3) is 27.7 Å². The molecule has 0 saturated carbocycles. The Morgan fingerprint density at radius 1 is 1.00 bits per heavy atom. The van der Waals surface area contributed by atoms with Crippen molar-refractivity contribution in [3.8, 4) is 11.3 Å². The Bertz CT molecular complexity index is 964. The first-order valence-corrected chi connectivity index (χ1v) is 7.65. The van der Waals surface area contributed by atoms with Crippen LogP contribution in [0.15, 0.2) is 65.4 Å². The van der Waals surface area contributed by atoms with Crippen LogP contribution < -0.4 is 0 Å². The quantitative estimate of drug-likeness (QED) is 0.465. The Morgan fingerprint density at radius 3 is 2.71 bits per heavy atom. The van der Waals surface area contributed by atoms with Crippen LogP contribution in [0.1, 0.15) is 5.56 Å². The van der Waals surface area contributed by atoms with Gasteiger partial charge in [0.15, 0.2) is 0 Å². The van der Waals surface area contributed by atoms with E-state index in [4.69, 9.17) is 4.98 Å². The standard InChI is InChI=1S/C18H13BrN2/c1-12-9-14(19)10-21-11-17(20-18(12)21)16-8-4-6-13-5-2-3-7-15(13)16/h2-11H,1H3. The largest absolute Gasteiger partial charge is 0.305 e. The summed E-state index contributed by atoms with van der Waals surface area (Å²) in [4.78, 5) is 4.82. The minimum absolute atomic E-state index is 1.00. The summed E-state index contributed by atoms with van der Waals surface area (Å²) in [6, 6.07) is 16.9. The number of rotatable bonds is 1. The summed E-state index contributed by atoms with van der Waals surface area (Å²) in [5, 5.41) is 2.48. The normalized spacial score (nSPS) is 11.3. The zero-order valence-corrected chi connectivity index (χ0v) is 13.1. The highest BCUT2D eigenvalue weighted by Crippen LogP contribution is 2.29. The van der Waals surface area contributed by atoms with Gasteiger partial charge in [-0.1, -0.05) is 42.5 Å². The fourth-order valence-electron chi connectivity index (χ4n) is 2.80. The van der Waals surface area contributed by atoms with Gasteiger partial charge in [0.05, 0.1) is 5.69 Å². The van der Waals surface area contributed by atoms with Crippen molar-refractivity contribution in [3.63, 3.8) is 0 Å². The van der Waals surface area contributed by atoms with E-state index in [0.29, 0.717) is 0 Å². The van der Waals surface area contributed by atoms with Crippen LogP contribution >= 0.6 is 15.9 Å². The monoisotopic (exact) mass is 336 g/mol. The highest BCUT2D eigenvalue weighted by molar-refractivity contribution is 9.10. The SMILES string of the molecule is Cc1cc(Br)cn2cc(-c3cccc4ccccc34)nc12. The molecule has 0 aliphatic carbocycles. The van der Waals surface area contributed by atoms with Crippen molar-refractivity contribution in [1.29, 1.82) is 0 Å². The second-order valence-electron chi connectivity index (χ2n) is 5.23. The van der Waals surface area contributed by atoms with Crippen molar-refractivity contribution in [2.45, 2.75) is 6.92 Å². The first-order chi connectivity index (χ1) is 10.2. The number of aryl methyl sites for hydroxylation is 1. The maximum absolute atomic E-state index is 4.82. The maximum atomic E-state index is 4.82. The summed E-state index contributed by atoms with van der Waals surface area (Å²) < 4.78 is 3.14. The van der Waals surface area contributed by atoms with Crippen LogP contribution in [0.5, 0.6) is 0 Å². The Balaban J connectivity index is 2.03. The molecule has 0 bridgehead atoms. The zero-order valence-electron chi connectivity index (χ0n) is 11.5. The third-order valence-corrected chi connectivity index (χ3v) is 4.20. The van der Waals surface area contributed by atoms with Gasteiger partial charge >= 0.3 is 0 Å². The number of imidazole rings is 1. The van der Waals surface area contributed by atoms with Crippen molar-refractivity contribution >= 4 is 32.3 Å². The van der Waals surface area contributed by atoms with E-state index in [0.717, 1.165) is 21.4 Å². The molecule has 3 heteroatoms. The van der Waals surface area contributed by atoms with Gasteiger partial charge in [0.25, 0.3) is 0 Å². The molecule has 0 N–H and O–H groups in total. The van der Waals surface area contributed by atoms with E-state index in [-0.39, 0.29) is 0 Å². The predicted octanol–water partition coefficient (Wildman–Crippen LogP) is 5.23. The van der Waals surface area contributed by atoms with Gasteiger partial charge in [-0.2, -0.15) is 0 Å². The van der Waals surface area contributed by atoms with Crippen molar-refractivity contribution in [1.82, 2.24) is 9.38 Å². The molecule has 0 aliphatic heterocycles. The third-order valence-electron chi connectivity index (χ3n) is 3.77. The third kappa shape index (κ3) is 2.05. The number of benzene rings is 2. The molecule has 0 aliphatic rings. The molecule has 0 fully saturated rings. The summed E-state index contributed by atoms with van der Waals surface area (Å²) in [7, 11) is 0. The first-order valence-electron chi connectivity index (χ1n) is 6.85. The lowest BCUT2D eigenvalue weighted by atomic mass is 10.0. The lowest BCUT2D eigenvalue weighted by molar-refractivity contribution is 1.15. The summed E-state index contributed by atoms with van der Waals surface area (Å²) in [5.41, 5.74) is 4.34. The van der Waals surface area contributed by atoms with Gasteiger partial charge in [-0.3, -0.25) is 0 Å². The van der Waals surface area contributed by atoms with Gasteiger partial charge in [0.1, 0.15) is 5.65 Å². The number of nitrogens with zero attached hydrogens (tertiary/aromatic N) is 2. The van der Waals surface area contributed by atoms with Crippen LogP contribution in [0.4, 0.5) is 0 Å². The summed E-state index contributed by atoms with van der Waals surface area (Å²) in [6.07, 6.45) is 4.14. The molecule has 0 saturated heterocycles. The molecule has 0 atom stereocenters. The number of fused-ring (bicyclic) bond motifs is 2. The smallest absolute Gasteiger partial charge is 0.140 e. The van der Waals surface area contributed by atoms with Gasteiger partial charge in [0.2, 0.25) is 0 Å². The molecule has 4 aromatic rings. The van der Waals surface area contributed by atoms with Crippen molar-refractivity contribution in [3.05, 3.63) is 71.0 Å². The molecule has 2 heterocycles. The highest BCUT2D eigenvalue weighted by Gasteiger charge is 2.09. The number of pyridine rings is 1. The lowest BCUT2D eigenvalue weighted by Gasteiger charge is -2.02. The lowest BCUT2D eigenvalue weighted by Crippen LogP contribution is -1.86. The Morgan fingerprint density at radius 2 is 1.81 bits per heavy atom. The summed E-state index contributed by atoms with van der Waals surface area (Å²) >= 11 is 3.54. The van der Waals surface area contributed by atoms with E-state index in [1.165, 1.54) is 16.3 Å². The second kappa shape index (κ2) is 4.71. The molecule has 0 unspecified atom stereocenters. The molecule has 2 nitrogen and oxygen atoms in total. The summed E-state index contributed by atoms with van der Waals surface area (Å²) in [5.74, 6) is 0. The topological polar surface area (TPSA) is 17.3 Å². The Hall–Kier alpha value is -2.13. The molecule has 2 aromatic heterocycles. The van der Waals surface area contributed by atoms with E-state index < -0.39 is 0 Å². The average Bonchev–Trinajstić information content (AvgIpc) is 2.90. The molecular formula is C18H13BrN2. The molecule has 2 aromatic carbocycles. The second-order valence-corrected chi connectivity index (χ2v) is 6.14. The fourth-order valence-corrected chi connectivity index (χ4v) is 3.37. The van der Waals surface area contributed by atoms with Gasteiger partial charge < -0.3 is 4.40 Å². The molecule has 0 spiro atoms. The minimum atomic E-state index is 1.00. The van der Waals surface area contributed by atoms with Gasteiger partial charge in [-0.15, -0.1) is 0 Å². The van der Waals surface area contributed by atoms with Gasteiger partial charge in [-0.05, 0) is 45.3 Å². The average molecular weight is 337 g/mol. The van der Waals surface area contributed by atoms with Crippen molar-refractivity contribution < 1.29 is 0 Å². The van der Waals surface area contributed by atoms with Crippen LogP contribution in [-0.2, 0) is 0 Å². The van der Waals surface area contributed by atoms with E-state index >= 15 is 0 Å². The Kier molecular flexibility index (Phi) is 2.82. The minimum Gasteiger partial charge on any atom is -0.305 e. The molecule has 0 radical (unpaired) electrons. The molecule has 21 heavy (non-hydrogen) atoms. The van der Waals surface area contributed by atoms with Gasteiger partial charge in [0, 0.05) is 22.4 Å². The fraction of sp³-hybridized carbons (Fsp3) is 0.0556. The van der Waals surface area contributed by atoms with Crippen LogP contribution in [0.2, 0.25) is 0 Å². The Labute approximate surface area is 131 Å². The van der Waals surface area contributed by atoms with E-state index in [1.807, 2.05) is 6.20 Å². The van der Waals surface area contributed by atoms with Crippen LogP contribution in [0.3, 0.4) is 0 Å². The van der Waals surface area contributed by atoms with Crippen LogP contribution in [-0.4, -0.2) is 9.38 Å². The number of hydrogen-bond acceptors (Lipinski definition) is 1. The summed E-state index contributed by atoms with van der Waals surface area (Å²) in [6.45, 7) is 2.08. The zero-order chi connectivity index (χ0) is 14.4. The molecular weight excluding hydrogens is 324 g/mol. The number of halogens is 1. The molecule has 0 amide bonds. The number of hydrogen-bond donors (Lipinski definition) is 0. The molecule has 102 valence electrons. The molecule has 4 rings (SSSR count). The predicted molar refractivity (Wildman–Crippen MR) is 90.6 cm³/mol. The van der Waals surface area contributed by atoms with Crippen molar-refractivity contribution in [2.24, 2.45) is 0 Å². The van der Waals surface area contributed by atoms with E-state index in [9.17, 15) is 0 Å². The van der Waals surface area contributed by atoms with Crippen LogP contribution in [0, 0.1) is 6.92 Å². The van der Waals surface area contributed by atoms with Gasteiger partial charge in [-0.25, -0.2) is 4.98 Å². The maximum Gasteiger partial charge on any atom is 0.140 e. The highest BCUT2D eigenvalue weighted by atomic mass is 79.9. The van der Waals surface area contributed by atoms with Crippen molar-refractivity contribution in [2.75, 3.05) is 0 Å². The number of aromatic nitrogens is 2. The first kappa shape index (κ1) is 12.6.